The highest BCUT2D eigenvalue weighted by atomic mass is 79.9. The smallest absolute Gasteiger partial charge is 0.408 e. The van der Waals surface area contributed by atoms with Crippen molar-refractivity contribution in [2.24, 2.45) is 5.73 Å². The van der Waals surface area contributed by atoms with Crippen molar-refractivity contribution in [1.29, 1.82) is 0 Å². The van der Waals surface area contributed by atoms with Gasteiger partial charge >= 0.3 is 5.76 Å². The van der Waals surface area contributed by atoms with Crippen LogP contribution in [0.25, 0.3) is 11.1 Å². The van der Waals surface area contributed by atoms with Crippen LogP contribution in [0, 0.1) is 6.92 Å². The van der Waals surface area contributed by atoms with Gasteiger partial charge in [-0.05, 0) is 59.1 Å². The highest BCUT2D eigenvalue weighted by Crippen LogP contribution is 2.33. The fourth-order valence-electron chi connectivity index (χ4n) is 2.38. The van der Waals surface area contributed by atoms with E-state index >= 15 is 0 Å². The number of hydrogen-bond acceptors (Lipinski definition) is 4. The predicted molar refractivity (Wildman–Crippen MR) is 88.9 cm³/mol. The van der Waals surface area contributed by atoms with Crippen LogP contribution in [0.2, 0.25) is 0 Å². The van der Waals surface area contributed by atoms with E-state index in [1.165, 1.54) is 5.56 Å². The first kappa shape index (κ1) is 14.6. The number of hydrogen-bond donors (Lipinski definition) is 1. The van der Waals surface area contributed by atoms with E-state index in [0.717, 1.165) is 19.7 Å². The molecule has 3 aromatic rings. The monoisotopic (exact) mass is 366 g/mol. The Balaban J connectivity index is 2.06. The Morgan fingerprint density at radius 3 is 2.81 bits per heavy atom. The average Bonchev–Trinajstić information content (AvgIpc) is 2.96. The highest BCUT2D eigenvalue weighted by Gasteiger charge is 2.16. The lowest BCUT2D eigenvalue weighted by atomic mass is 10.1. The van der Waals surface area contributed by atoms with E-state index in [1.807, 2.05) is 32.0 Å². The Bertz CT molecular complexity index is 843. The van der Waals surface area contributed by atoms with Crippen LogP contribution in [0.5, 0.6) is 0 Å². The first-order valence-corrected chi connectivity index (χ1v) is 8.27. The van der Waals surface area contributed by atoms with Gasteiger partial charge in [-0.1, -0.05) is 6.07 Å². The highest BCUT2D eigenvalue weighted by molar-refractivity contribution is 9.11. The Hall–Kier alpha value is -1.37. The first-order valence-electron chi connectivity index (χ1n) is 6.66. The van der Waals surface area contributed by atoms with Gasteiger partial charge in [-0.2, -0.15) is 0 Å². The molecule has 0 saturated carbocycles. The van der Waals surface area contributed by atoms with Crippen molar-refractivity contribution in [3.8, 4) is 0 Å². The van der Waals surface area contributed by atoms with E-state index < -0.39 is 0 Å². The summed E-state index contributed by atoms with van der Waals surface area (Å²) in [5.74, 6) is -0.326. The number of rotatable bonds is 3. The number of benzene rings is 1. The summed E-state index contributed by atoms with van der Waals surface area (Å²) < 4.78 is 7.99. The largest absolute Gasteiger partial charge is 0.419 e. The summed E-state index contributed by atoms with van der Waals surface area (Å²) in [5.41, 5.74) is 9.84. The van der Waals surface area contributed by atoms with Crippen molar-refractivity contribution in [2.45, 2.75) is 26.4 Å². The molecule has 110 valence electrons. The summed E-state index contributed by atoms with van der Waals surface area (Å²) >= 11 is 5.15. The Labute approximate surface area is 134 Å². The minimum absolute atomic E-state index is 0.223. The van der Waals surface area contributed by atoms with E-state index in [2.05, 4.69) is 22.0 Å². The molecule has 0 radical (unpaired) electrons. The summed E-state index contributed by atoms with van der Waals surface area (Å²) in [4.78, 5) is 12.8. The minimum atomic E-state index is -0.326. The van der Waals surface area contributed by atoms with E-state index in [1.54, 1.807) is 15.9 Å². The maximum atomic E-state index is 11.7. The zero-order chi connectivity index (χ0) is 15.1. The van der Waals surface area contributed by atoms with E-state index in [-0.39, 0.29) is 11.8 Å². The van der Waals surface area contributed by atoms with Gasteiger partial charge in [0.25, 0.3) is 0 Å². The van der Waals surface area contributed by atoms with Crippen LogP contribution in [0.15, 0.2) is 37.3 Å². The molecule has 6 heteroatoms. The number of aryl methyl sites for hydroxylation is 2. The zero-order valence-corrected chi connectivity index (χ0v) is 14.1. The Kier molecular flexibility index (Phi) is 3.77. The molecular formula is C15H15BrN2O2S. The van der Waals surface area contributed by atoms with Crippen LogP contribution < -0.4 is 11.5 Å². The molecule has 0 saturated heterocycles. The molecule has 2 heterocycles. The molecule has 1 atom stereocenters. The SMILES string of the molecule is CCn1c(=O)oc2cc(C(N)c3cc(C)c(Br)s3)ccc21. The second-order valence-electron chi connectivity index (χ2n) is 4.92. The molecule has 0 aliphatic rings. The summed E-state index contributed by atoms with van der Waals surface area (Å²) in [6.07, 6.45) is 0. The van der Waals surface area contributed by atoms with Gasteiger partial charge in [-0.15, -0.1) is 11.3 Å². The molecule has 0 amide bonds. The molecular weight excluding hydrogens is 352 g/mol. The summed E-state index contributed by atoms with van der Waals surface area (Å²) in [6.45, 7) is 4.55. The quantitative estimate of drug-likeness (QED) is 0.766. The summed E-state index contributed by atoms with van der Waals surface area (Å²) in [7, 11) is 0. The number of nitrogens with zero attached hydrogens (tertiary/aromatic N) is 1. The van der Waals surface area contributed by atoms with Gasteiger partial charge in [-0.3, -0.25) is 4.57 Å². The molecule has 1 unspecified atom stereocenters. The molecule has 2 aromatic heterocycles. The molecule has 3 rings (SSSR count). The van der Waals surface area contributed by atoms with Gasteiger partial charge in [0.1, 0.15) is 0 Å². The Morgan fingerprint density at radius 1 is 1.43 bits per heavy atom. The van der Waals surface area contributed by atoms with Crippen molar-refractivity contribution in [3.63, 3.8) is 0 Å². The average molecular weight is 367 g/mol. The summed E-state index contributed by atoms with van der Waals surface area (Å²) in [5, 5.41) is 0. The van der Waals surface area contributed by atoms with Gasteiger partial charge in [0.15, 0.2) is 5.58 Å². The molecule has 21 heavy (non-hydrogen) atoms. The molecule has 4 nitrogen and oxygen atoms in total. The lowest BCUT2D eigenvalue weighted by Gasteiger charge is -2.09. The number of halogens is 1. The summed E-state index contributed by atoms with van der Waals surface area (Å²) in [6, 6.07) is 7.57. The third kappa shape index (κ3) is 2.47. The van der Waals surface area contributed by atoms with Gasteiger partial charge in [0.2, 0.25) is 0 Å². The van der Waals surface area contributed by atoms with Gasteiger partial charge < -0.3 is 10.2 Å². The Morgan fingerprint density at radius 2 is 2.19 bits per heavy atom. The predicted octanol–water partition coefficient (Wildman–Crippen LogP) is 3.79. The number of nitrogens with two attached hydrogens (primary N) is 1. The van der Waals surface area contributed by atoms with Crippen molar-refractivity contribution in [3.05, 3.63) is 54.6 Å². The fraction of sp³-hybridized carbons (Fsp3) is 0.267. The second-order valence-corrected chi connectivity index (χ2v) is 7.32. The van der Waals surface area contributed by atoms with Crippen LogP contribution in [-0.2, 0) is 6.54 Å². The third-order valence-corrected chi connectivity index (χ3v) is 5.77. The number of oxazole rings is 1. The first-order chi connectivity index (χ1) is 10.0. The van der Waals surface area contributed by atoms with E-state index in [0.29, 0.717) is 12.1 Å². The fourth-order valence-corrected chi connectivity index (χ4v) is 3.98. The molecule has 0 fully saturated rings. The van der Waals surface area contributed by atoms with Gasteiger partial charge in [0.05, 0.1) is 15.3 Å². The molecule has 0 aliphatic carbocycles. The zero-order valence-electron chi connectivity index (χ0n) is 11.7. The number of aromatic nitrogens is 1. The van der Waals surface area contributed by atoms with Crippen molar-refractivity contribution >= 4 is 38.4 Å². The number of thiophene rings is 1. The normalized spacial score (nSPS) is 13.0. The maximum absolute atomic E-state index is 11.7. The molecule has 0 spiro atoms. The lowest BCUT2D eigenvalue weighted by Crippen LogP contribution is -2.12. The molecule has 2 N–H and O–H groups in total. The molecule has 0 aliphatic heterocycles. The number of fused-ring (bicyclic) bond motifs is 1. The maximum Gasteiger partial charge on any atom is 0.419 e. The van der Waals surface area contributed by atoms with Crippen LogP contribution in [0.1, 0.15) is 29.0 Å². The van der Waals surface area contributed by atoms with Crippen molar-refractivity contribution in [1.82, 2.24) is 4.57 Å². The van der Waals surface area contributed by atoms with Crippen LogP contribution in [0.4, 0.5) is 0 Å². The van der Waals surface area contributed by atoms with E-state index in [9.17, 15) is 4.79 Å². The third-order valence-electron chi connectivity index (χ3n) is 3.55. The molecule has 0 bridgehead atoms. The van der Waals surface area contributed by atoms with Crippen molar-refractivity contribution in [2.75, 3.05) is 0 Å². The van der Waals surface area contributed by atoms with Crippen molar-refractivity contribution < 1.29 is 4.42 Å². The van der Waals surface area contributed by atoms with Crippen LogP contribution in [-0.4, -0.2) is 4.57 Å². The van der Waals surface area contributed by atoms with Gasteiger partial charge in [-0.25, -0.2) is 4.79 Å². The topological polar surface area (TPSA) is 61.2 Å². The minimum Gasteiger partial charge on any atom is -0.408 e. The lowest BCUT2D eigenvalue weighted by molar-refractivity contribution is 0.513. The van der Waals surface area contributed by atoms with Gasteiger partial charge in [0, 0.05) is 11.4 Å². The van der Waals surface area contributed by atoms with E-state index in [4.69, 9.17) is 10.2 Å². The van der Waals surface area contributed by atoms with Crippen LogP contribution in [0.3, 0.4) is 0 Å². The van der Waals surface area contributed by atoms with Crippen LogP contribution >= 0.6 is 27.3 Å². The second kappa shape index (κ2) is 5.44. The molecule has 1 aromatic carbocycles. The standard InChI is InChI=1S/C15H15BrN2O2S/c1-3-18-10-5-4-9(7-11(10)20-15(18)19)13(17)12-6-8(2)14(16)21-12/h4-7,13H,3,17H2,1-2H3.